The monoisotopic (exact) mass is 386 g/mol. The van der Waals surface area contributed by atoms with Crippen LogP contribution >= 0.6 is 11.6 Å². The Labute approximate surface area is 164 Å². The Bertz CT molecular complexity index is 845. The van der Waals surface area contributed by atoms with Crippen molar-refractivity contribution in [1.29, 1.82) is 0 Å². The molecule has 0 aromatic heterocycles. The number of nitrogens with zero attached hydrogens (tertiary/aromatic N) is 2. The van der Waals surface area contributed by atoms with E-state index >= 15 is 0 Å². The molecule has 3 rings (SSSR count). The van der Waals surface area contributed by atoms with E-state index in [-0.39, 0.29) is 12.5 Å². The van der Waals surface area contributed by atoms with E-state index in [9.17, 15) is 9.59 Å². The summed E-state index contributed by atoms with van der Waals surface area (Å²) < 4.78 is 5.24. The van der Waals surface area contributed by atoms with Crippen LogP contribution in [0.4, 0.5) is 5.69 Å². The quantitative estimate of drug-likeness (QED) is 0.755. The molecule has 0 aliphatic carbocycles. The second kappa shape index (κ2) is 8.44. The van der Waals surface area contributed by atoms with E-state index in [1.54, 1.807) is 11.0 Å². The highest BCUT2D eigenvalue weighted by Crippen LogP contribution is 2.21. The van der Waals surface area contributed by atoms with Crippen molar-refractivity contribution in [2.75, 3.05) is 37.7 Å². The molecule has 0 radical (unpaired) electrons. The number of ether oxygens (including phenoxy) is 1. The number of hydrogen-bond donors (Lipinski definition) is 0. The first-order valence-electron chi connectivity index (χ1n) is 8.97. The number of amides is 1. The van der Waals surface area contributed by atoms with Crippen molar-refractivity contribution in [3.05, 3.63) is 64.2 Å². The zero-order chi connectivity index (χ0) is 19.4. The molecule has 1 fully saturated rings. The summed E-state index contributed by atoms with van der Waals surface area (Å²) in [5, 5.41) is 0.698. The standard InChI is InChI=1S/C21H23ClN2O3/c1-15-5-3-8-19(16(15)2)21(26)27-14-20(25)24-11-9-23(10-12-24)18-7-4-6-17(22)13-18/h3-8,13H,9-12,14H2,1-2H3. The summed E-state index contributed by atoms with van der Waals surface area (Å²) in [5.74, 6) is -0.624. The van der Waals surface area contributed by atoms with Crippen LogP contribution in [0, 0.1) is 13.8 Å². The van der Waals surface area contributed by atoms with Crippen molar-refractivity contribution in [3.8, 4) is 0 Å². The molecule has 5 nitrogen and oxygen atoms in total. The number of aryl methyl sites for hydroxylation is 1. The predicted octanol–water partition coefficient (Wildman–Crippen LogP) is 3.46. The number of halogens is 1. The normalized spacial score (nSPS) is 14.2. The largest absolute Gasteiger partial charge is 0.452 e. The lowest BCUT2D eigenvalue weighted by atomic mass is 10.0. The maximum absolute atomic E-state index is 12.4. The molecular weight excluding hydrogens is 364 g/mol. The SMILES string of the molecule is Cc1cccc(C(=O)OCC(=O)N2CCN(c3cccc(Cl)c3)CC2)c1C. The third-order valence-electron chi connectivity index (χ3n) is 4.96. The maximum Gasteiger partial charge on any atom is 0.338 e. The molecule has 1 heterocycles. The van der Waals surface area contributed by atoms with E-state index in [1.807, 2.05) is 50.2 Å². The van der Waals surface area contributed by atoms with Gasteiger partial charge in [0.05, 0.1) is 5.56 Å². The number of rotatable bonds is 4. The van der Waals surface area contributed by atoms with Crippen LogP contribution in [0.1, 0.15) is 21.5 Å². The summed E-state index contributed by atoms with van der Waals surface area (Å²) in [4.78, 5) is 28.6. The van der Waals surface area contributed by atoms with Crippen molar-refractivity contribution in [1.82, 2.24) is 4.90 Å². The van der Waals surface area contributed by atoms with Gasteiger partial charge in [0.2, 0.25) is 0 Å². The van der Waals surface area contributed by atoms with Crippen LogP contribution in [-0.4, -0.2) is 49.6 Å². The topological polar surface area (TPSA) is 49.9 Å². The van der Waals surface area contributed by atoms with Crippen LogP contribution in [0.5, 0.6) is 0 Å². The van der Waals surface area contributed by atoms with Crippen molar-refractivity contribution in [2.45, 2.75) is 13.8 Å². The molecule has 1 aliphatic heterocycles. The van der Waals surface area contributed by atoms with Crippen molar-refractivity contribution >= 4 is 29.2 Å². The molecule has 0 N–H and O–H groups in total. The van der Waals surface area contributed by atoms with Crippen LogP contribution in [0.3, 0.4) is 0 Å². The molecular formula is C21H23ClN2O3. The fourth-order valence-corrected chi connectivity index (χ4v) is 3.34. The molecule has 0 unspecified atom stereocenters. The van der Waals surface area contributed by atoms with E-state index in [0.29, 0.717) is 23.7 Å². The van der Waals surface area contributed by atoms with Gasteiger partial charge < -0.3 is 14.5 Å². The summed E-state index contributed by atoms with van der Waals surface area (Å²) >= 11 is 6.05. The van der Waals surface area contributed by atoms with E-state index in [2.05, 4.69) is 4.90 Å². The Morgan fingerprint density at radius 3 is 2.44 bits per heavy atom. The van der Waals surface area contributed by atoms with E-state index in [0.717, 1.165) is 29.9 Å². The molecule has 1 amide bonds. The Morgan fingerprint density at radius 2 is 1.74 bits per heavy atom. The summed E-state index contributed by atoms with van der Waals surface area (Å²) in [5.41, 5.74) is 3.46. The van der Waals surface area contributed by atoms with Gasteiger partial charge in [-0.1, -0.05) is 29.8 Å². The molecule has 2 aromatic rings. The van der Waals surface area contributed by atoms with Crippen LogP contribution in [0.25, 0.3) is 0 Å². The van der Waals surface area contributed by atoms with E-state index in [1.165, 1.54) is 0 Å². The fourth-order valence-electron chi connectivity index (χ4n) is 3.16. The van der Waals surface area contributed by atoms with E-state index < -0.39 is 5.97 Å². The van der Waals surface area contributed by atoms with Gasteiger partial charge in [-0.15, -0.1) is 0 Å². The van der Waals surface area contributed by atoms with Gasteiger partial charge in [0.15, 0.2) is 6.61 Å². The number of carbonyl (C=O) groups excluding carboxylic acids is 2. The Morgan fingerprint density at radius 1 is 1.04 bits per heavy atom. The lowest BCUT2D eigenvalue weighted by Gasteiger charge is -2.36. The molecule has 0 atom stereocenters. The molecule has 0 spiro atoms. The highest BCUT2D eigenvalue weighted by molar-refractivity contribution is 6.30. The third-order valence-corrected chi connectivity index (χ3v) is 5.19. The average molecular weight is 387 g/mol. The van der Waals surface area contributed by atoms with Crippen LogP contribution < -0.4 is 4.90 Å². The van der Waals surface area contributed by atoms with Crippen LogP contribution in [0.2, 0.25) is 5.02 Å². The molecule has 142 valence electrons. The molecule has 0 bridgehead atoms. The lowest BCUT2D eigenvalue weighted by molar-refractivity contribution is -0.134. The zero-order valence-electron chi connectivity index (χ0n) is 15.6. The second-order valence-electron chi connectivity index (χ2n) is 6.67. The van der Waals surface area contributed by atoms with Crippen LogP contribution in [-0.2, 0) is 9.53 Å². The van der Waals surface area contributed by atoms with Crippen molar-refractivity contribution in [3.63, 3.8) is 0 Å². The van der Waals surface area contributed by atoms with Gasteiger partial charge in [0.1, 0.15) is 0 Å². The van der Waals surface area contributed by atoms with Gasteiger partial charge >= 0.3 is 5.97 Å². The number of benzene rings is 2. The third kappa shape index (κ3) is 4.61. The Hall–Kier alpha value is -2.53. The minimum atomic E-state index is -0.456. The highest BCUT2D eigenvalue weighted by atomic mass is 35.5. The first-order chi connectivity index (χ1) is 13.0. The number of hydrogen-bond acceptors (Lipinski definition) is 4. The molecule has 0 saturated carbocycles. The minimum absolute atomic E-state index is 0.167. The molecule has 2 aromatic carbocycles. The summed E-state index contributed by atoms with van der Waals surface area (Å²) in [7, 11) is 0. The number of anilines is 1. The zero-order valence-corrected chi connectivity index (χ0v) is 16.3. The smallest absolute Gasteiger partial charge is 0.338 e. The lowest BCUT2D eigenvalue weighted by Crippen LogP contribution is -2.49. The average Bonchev–Trinajstić information content (AvgIpc) is 2.68. The maximum atomic E-state index is 12.4. The summed E-state index contributed by atoms with van der Waals surface area (Å²) in [6.07, 6.45) is 0. The van der Waals surface area contributed by atoms with Gasteiger partial charge in [0, 0.05) is 36.9 Å². The van der Waals surface area contributed by atoms with Gasteiger partial charge in [-0.3, -0.25) is 4.79 Å². The van der Waals surface area contributed by atoms with Crippen molar-refractivity contribution < 1.29 is 14.3 Å². The molecule has 1 saturated heterocycles. The minimum Gasteiger partial charge on any atom is -0.452 e. The molecule has 6 heteroatoms. The first kappa shape index (κ1) is 19.2. The second-order valence-corrected chi connectivity index (χ2v) is 7.11. The van der Waals surface area contributed by atoms with Gasteiger partial charge in [-0.25, -0.2) is 4.79 Å². The molecule has 1 aliphatic rings. The van der Waals surface area contributed by atoms with Gasteiger partial charge in [-0.05, 0) is 49.2 Å². The summed E-state index contributed by atoms with van der Waals surface area (Å²) in [6.45, 7) is 6.20. The van der Waals surface area contributed by atoms with Crippen LogP contribution in [0.15, 0.2) is 42.5 Å². The number of piperazine rings is 1. The highest BCUT2D eigenvalue weighted by Gasteiger charge is 2.23. The van der Waals surface area contributed by atoms with Crippen molar-refractivity contribution in [2.24, 2.45) is 0 Å². The fraction of sp³-hybridized carbons (Fsp3) is 0.333. The Kier molecular flexibility index (Phi) is 6.01. The molecule has 27 heavy (non-hydrogen) atoms. The number of esters is 1. The Balaban J connectivity index is 1.51. The number of carbonyl (C=O) groups is 2. The van der Waals surface area contributed by atoms with Gasteiger partial charge in [-0.2, -0.15) is 0 Å². The summed E-state index contributed by atoms with van der Waals surface area (Å²) in [6, 6.07) is 13.2. The predicted molar refractivity (Wildman–Crippen MR) is 106 cm³/mol. The first-order valence-corrected chi connectivity index (χ1v) is 9.35. The van der Waals surface area contributed by atoms with Gasteiger partial charge in [0.25, 0.3) is 5.91 Å². The van der Waals surface area contributed by atoms with E-state index in [4.69, 9.17) is 16.3 Å².